The molecule has 0 unspecified atom stereocenters. The monoisotopic (exact) mass is 194 g/mol. The van der Waals surface area contributed by atoms with E-state index >= 15 is 0 Å². The van der Waals surface area contributed by atoms with E-state index in [0.29, 0.717) is 12.1 Å². The van der Waals surface area contributed by atoms with E-state index in [4.69, 9.17) is 0 Å². The van der Waals surface area contributed by atoms with Crippen LogP contribution in [-0.4, -0.2) is 24.0 Å². The molecule has 1 aromatic rings. The van der Waals surface area contributed by atoms with Crippen molar-refractivity contribution in [2.24, 2.45) is 5.18 Å². The van der Waals surface area contributed by atoms with Crippen LogP contribution in [0.15, 0.2) is 29.7 Å². The number of hydrogen-bond acceptors (Lipinski definition) is 5. The molecule has 1 rings (SSSR count). The lowest BCUT2D eigenvalue weighted by atomic mass is 10.3. The van der Waals surface area contributed by atoms with Crippen molar-refractivity contribution in [1.82, 2.24) is 15.8 Å². The molecule has 0 fully saturated rings. The van der Waals surface area contributed by atoms with Gasteiger partial charge in [0.25, 0.3) is 5.91 Å². The summed E-state index contributed by atoms with van der Waals surface area (Å²) in [5.41, 5.74) is 5.50. The van der Waals surface area contributed by atoms with Gasteiger partial charge in [0.15, 0.2) is 0 Å². The van der Waals surface area contributed by atoms with Gasteiger partial charge in [0, 0.05) is 24.5 Å². The van der Waals surface area contributed by atoms with Crippen molar-refractivity contribution >= 4 is 5.91 Å². The zero-order chi connectivity index (χ0) is 10.2. The molecule has 6 nitrogen and oxygen atoms in total. The van der Waals surface area contributed by atoms with Gasteiger partial charge in [-0.15, -0.1) is 0 Å². The molecule has 0 radical (unpaired) electrons. The van der Waals surface area contributed by atoms with Crippen molar-refractivity contribution in [3.63, 3.8) is 0 Å². The molecule has 0 bridgehead atoms. The standard InChI is InChI=1S/C8H10N4O2/c13-8(12-10-5-6-11-14)7-1-3-9-4-2-7/h1-4,10H,5-6H2,(H,12,13). The smallest absolute Gasteiger partial charge is 0.265 e. The molecule has 0 saturated heterocycles. The Morgan fingerprint density at radius 3 is 2.79 bits per heavy atom. The molecule has 1 heterocycles. The lowest BCUT2D eigenvalue weighted by Gasteiger charge is -2.04. The maximum Gasteiger partial charge on any atom is 0.265 e. The molecule has 0 atom stereocenters. The minimum absolute atomic E-state index is 0.122. The number of carbonyl (C=O) groups is 1. The first-order valence-electron chi connectivity index (χ1n) is 4.07. The minimum atomic E-state index is -0.265. The van der Waals surface area contributed by atoms with Crippen LogP contribution >= 0.6 is 0 Å². The number of carbonyl (C=O) groups excluding carboxylic acids is 1. The first-order valence-corrected chi connectivity index (χ1v) is 4.07. The summed E-state index contributed by atoms with van der Waals surface area (Å²) in [6, 6.07) is 3.18. The van der Waals surface area contributed by atoms with E-state index in [1.165, 1.54) is 12.4 Å². The fourth-order valence-corrected chi connectivity index (χ4v) is 0.820. The summed E-state index contributed by atoms with van der Waals surface area (Å²) >= 11 is 0. The average molecular weight is 194 g/mol. The molecular weight excluding hydrogens is 184 g/mol. The van der Waals surface area contributed by atoms with Crippen LogP contribution in [0.3, 0.4) is 0 Å². The largest absolute Gasteiger partial charge is 0.287 e. The van der Waals surface area contributed by atoms with Gasteiger partial charge in [0.1, 0.15) is 0 Å². The molecule has 1 amide bonds. The average Bonchev–Trinajstić information content (AvgIpc) is 2.25. The van der Waals surface area contributed by atoms with Gasteiger partial charge in [0.05, 0.1) is 6.54 Å². The van der Waals surface area contributed by atoms with E-state index in [2.05, 4.69) is 21.0 Å². The van der Waals surface area contributed by atoms with Crippen LogP contribution in [0.4, 0.5) is 0 Å². The van der Waals surface area contributed by atoms with E-state index in [9.17, 15) is 9.70 Å². The Morgan fingerprint density at radius 2 is 2.14 bits per heavy atom. The highest BCUT2D eigenvalue weighted by atomic mass is 16.3. The van der Waals surface area contributed by atoms with Gasteiger partial charge in [-0.25, -0.2) is 5.43 Å². The number of nitroso groups, excluding NO2 is 1. The van der Waals surface area contributed by atoms with Crippen LogP contribution in [-0.2, 0) is 0 Å². The molecular formula is C8H10N4O2. The summed E-state index contributed by atoms with van der Waals surface area (Å²) in [4.78, 5) is 24.8. The predicted octanol–water partition coefficient (Wildman–Crippen LogP) is 0.0824. The second kappa shape index (κ2) is 5.76. The van der Waals surface area contributed by atoms with E-state index in [1.807, 2.05) is 0 Å². The van der Waals surface area contributed by atoms with Crippen LogP contribution < -0.4 is 10.9 Å². The molecule has 0 saturated carbocycles. The van der Waals surface area contributed by atoms with Crippen molar-refractivity contribution in [3.8, 4) is 0 Å². The molecule has 6 heteroatoms. The van der Waals surface area contributed by atoms with Crippen molar-refractivity contribution in [1.29, 1.82) is 0 Å². The van der Waals surface area contributed by atoms with Crippen LogP contribution in [0.25, 0.3) is 0 Å². The van der Waals surface area contributed by atoms with Crippen molar-refractivity contribution < 1.29 is 4.79 Å². The third kappa shape index (κ3) is 3.28. The topological polar surface area (TPSA) is 83.5 Å². The van der Waals surface area contributed by atoms with Crippen LogP contribution in [0.5, 0.6) is 0 Å². The maximum absolute atomic E-state index is 11.3. The summed E-state index contributed by atoms with van der Waals surface area (Å²) in [5, 5.41) is 2.63. The fraction of sp³-hybridized carbons (Fsp3) is 0.250. The third-order valence-corrected chi connectivity index (χ3v) is 1.47. The van der Waals surface area contributed by atoms with E-state index in [0.717, 1.165) is 0 Å². The summed E-state index contributed by atoms with van der Waals surface area (Å²) in [6.45, 7) is 0.441. The van der Waals surface area contributed by atoms with Crippen LogP contribution in [0, 0.1) is 4.91 Å². The number of aromatic nitrogens is 1. The molecule has 2 N–H and O–H groups in total. The number of pyridine rings is 1. The highest BCUT2D eigenvalue weighted by Gasteiger charge is 2.02. The van der Waals surface area contributed by atoms with Gasteiger partial charge in [-0.05, 0) is 12.1 Å². The fourth-order valence-electron chi connectivity index (χ4n) is 0.820. The lowest BCUT2D eigenvalue weighted by molar-refractivity contribution is 0.0934. The Labute approximate surface area is 80.7 Å². The summed E-state index contributed by atoms with van der Waals surface area (Å²) in [5.74, 6) is -0.265. The summed E-state index contributed by atoms with van der Waals surface area (Å²) in [7, 11) is 0. The zero-order valence-corrected chi connectivity index (χ0v) is 7.43. The maximum atomic E-state index is 11.3. The zero-order valence-electron chi connectivity index (χ0n) is 7.43. The number of amides is 1. The molecule has 0 aliphatic heterocycles. The molecule has 14 heavy (non-hydrogen) atoms. The van der Waals surface area contributed by atoms with Gasteiger partial charge in [-0.1, -0.05) is 5.18 Å². The van der Waals surface area contributed by atoms with Crippen LogP contribution in [0.1, 0.15) is 10.4 Å². The summed E-state index contributed by atoms with van der Waals surface area (Å²) < 4.78 is 0. The number of nitrogens with zero attached hydrogens (tertiary/aromatic N) is 2. The Kier molecular flexibility index (Phi) is 4.22. The molecule has 1 aromatic heterocycles. The van der Waals surface area contributed by atoms with Gasteiger partial charge in [0.2, 0.25) is 0 Å². The SMILES string of the molecule is O=NCCNNC(=O)c1ccncc1. The predicted molar refractivity (Wildman–Crippen MR) is 50.4 cm³/mol. The van der Waals surface area contributed by atoms with Gasteiger partial charge in [-0.3, -0.25) is 15.2 Å². The lowest BCUT2D eigenvalue weighted by Crippen LogP contribution is -2.38. The second-order valence-electron chi connectivity index (χ2n) is 2.47. The van der Waals surface area contributed by atoms with Crippen molar-refractivity contribution in [2.45, 2.75) is 0 Å². The van der Waals surface area contributed by atoms with Gasteiger partial charge >= 0.3 is 0 Å². The molecule has 0 aliphatic carbocycles. The quantitative estimate of drug-likeness (QED) is 0.395. The van der Waals surface area contributed by atoms with Gasteiger partial charge in [-0.2, -0.15) is 4.91 Å². The van der Waals surface area contributed by atoms with E-state index < -0.39 is 0 Å². The number of rotatable bonds is 5. The Bertz CT molecular complexity index is 301. The highest BCUT2D eigenvalue weighted by molar-refractivity contribution is 5.93. The molecule has 74 valence electrons. The third-order valence-electron chi connectivity index (χ3n) is 1.47. The summed E-state index contributed by atoms with van der Waals surface area (Å²) in [6.07, 6.45) is 3.06. The number of nitrogens with one attached hydrogen (secondary N) is 2. The number of hydrazine groups is 1. The molecule has 0 aliphatic rings. The first-order chi connectivity index (χ1) is 6.84. The second-order valence-corrected chi connectivity index (χ2v) is 2.47. The Hall–Kier alpha value is -1.82. The van der Waals surface area contributed by atoms with Crippen LogP contribution in [0.2, 0.25) is 0 Å². The number of hydrogen-bond donors (Lipinski definition) is 2. The normalized spacial score (nSPS) is 9.43. The Balaban J connectivity index is 2.32. The minimum Gasteiger partial charge on any atom is -0.287 e. The molecule has 0 spiro atoms. The van der Waals surface area contributed by atoms with Crippen molar-refractivity contribution in [3.05, 3.63) is 35.0 Å². The van der Waals surface area contributed by atoms with E-state index in [-0.39, 0.29) is 12.5 Å². The Morgan fingerprint density at radius 1 is 1.43 bits per heavy atom. The van der Waals surface area contributed by atoms with E-state index in [1.54, 1.807) is 12.1 Å². The highest BCUT2D eigenvalue weighted by Crippen LogP contribution is 1.93. The van der Waals surface area contributed by atoms with Gasteiger partial charge < -0.3 is 0 Å². The van der Waals surface area contributed by atoms with Crippen molar-refractivity contribution in [2.75, 3.05) is 13.1 Å². The molecule has 0 aromatic carbocycles. The first kappa shape index (κ1) is 10.3.